The van der Waals surface area contributed by atoms with Crippen molar-refractivity contribution in [3.8, 4) is 34.0 Å². The Morgan fingerprint density at radius 3 is 2.00 bits per heavy atom. The van der Waals surface area contributed by atoms with Crippen LogP contribution in [-0.2, 0) is 0 Å². The van der Waals surface area contributed by atoms with Crippen molar-refractivity contribution < 1.29 is 0 Å². The van der Waals surface area contributed by atoms with Crippen molar-refractivity contribution in [2.75, 3.05) is 0 Å². The maximum absolute atomic E-state index is 9.80. The van der Waals surface area contributed by atoms with E-state index < -0.39 is 0 Å². The number of nitriles is 1. The number of fused-ring (bicyclic) bond motifs is 6. The summed E-state index contributed by atoms with van der Waals surface area (Å²) in [6.07, 6.45) is 1.85. The lowest BCUT2D eigenvalue weighted by molar-refractivity contribution is 1.18. The highest BCUT2D eigenvalue weighted by Gasteiger charge is 2.17. The second kappa shape index (κ2) is 9.91. The van der Waals surface area contributed by atoms with Gasteiger partial charge in [0, 0.05) is 22.4 Å². The van der Waals surface area contributed by atoms with Gasteiger partial charge in [-0.2, -0.15) is 5.26 Å². The molecule has 0 amide bonds. The lowest BCUT2D eigenvalue weighted by Crippen LogP contribution is -1.96. The number of aromatic nitrogens is 2. The lowest BCUT2D eigenvalue weighted by atomic mass is 9.90. The molecule has 0 atom stereocenters. The van der Waals surface area contributed by atoms with E-state index in [9.17, 15) is 5.26 Å². The Hall–Kier alpha value is -6.24. The van der Waals surface area contributed by atoms with Crippen LogP contribution in [-0.4, -0.2) is 9.55 Å². The highest BCUT2D eigenvalue weighted by Crippen LogP contribution is 2.41. The summed E-state index contributed by atoms with van der Waals surface area (Å²) in [5.41, 5.74) is 9.54. The molecule has 2 aromatic heterocycles. The zero-order valence-electron chi connectivity index (χ0n) is 24.3. The van der Waals surface area contributed by atoms with Gasteiger partial charge in [-0.05, 0) is 86.3 Å². The summed E-state index contributed by atoms with van der Waals surface area (Å²) >= 11 is 0. The molecule has 0 saturated heterocycles. The molecule has 208 valence electrons. The van der Waals surface area contributed by atoms with E-state index in [4.69, 9.17) is 4.98 Å². The molecular weight excluding hydrogens is 546 g/mol. The number of hydrogen-bond acceptors (Lipinski definition) is 2. The molecule has 0 spiro atoms. The maximum atomic E-state index is 9.80. The zero-order chi connectivity index (χ0) is 29.9. The summed E-state index contributed by atoms with van der Waals surface area (Å²) in [6.45, 7) is 0. The molecule has 0 radical (unpaired) electrons. The van der Waals surface area contributed by atoms with Gasteiger partial charge in [0.25, 0.3) is 0 Å². The first kappa shape index (κ1) is 25.3. The fourth-order valence-electron chi connectivity index (χ4n) is 7.03. The first-order chi connectivity index (χ1) is 22.3. The largest absolute Gasteiger partial charge is 0.307 e. The van der Waals surface area contributed by atoms with Crippen molar-refractivity contribution in [1.82, 2.24) is 9.55 Å². The molecule has 0 bridgehead atoms. The normalized spacial score (nSPS) is 11.5. The Morgan fingerprint density at radius 2 is 1.13 bits per heavy atom. The minimum Gasteiger partial charge on any atom is -0.307 e. The molecule has 0 aliphatic rings. The summed E-state index contributed by atoms with van der Waals surface area (Å²) in [5, 5.41) is 18.0. The number of para-hydroxylation sites is 1. The SMILES string of the molecule is N#Cc1ccc2c(c1)c1cc(-c3ccc(-c4cccc5ccccc45)c4ccccc34)ccc1n2-c1cccc2cccnc12. The van der Waals surface area contributed by atoms with Gasteiger partial charge in [-0.1, -0.05) is 103 Å². The zero-order valence-corrected chi connectivity index (χ0v) is 24.3. The van der Waals surface area contributed by atoms with Gasteiger partial charge >= 0.3 is 0 Å². The summed E-state index contributed by atoms with van der Waals surface area (Å²) < 4.78 is 2.28. The van der Waals surface area contributed by atoms with Crippen LogP contribution in [0.5, 0.6) is 0 Å². The van der Waals surface area contributed by atoms with Crippen molar-refractivity contribution in [3.63, 3.8) is 0 Å². The first-order valence-electron chi connectivity index (χ1n) is 15.1. The van der Waals surface area contributed by atoms with E-state index in [1.807, 2.05) is 24.4 Å². The molecule has 45 heavy (non-hydrogen) atoms. The fourth-order valence-corrected chi connectivity index (χ4v) is 7.03. The third-order valence-corrected chi connectivity index (χ3v) is 9.06. The molecule has 0 aliphatic carbocycles. The van der Waals surface area contributed by atoms with Crippen molar-refractivity contribution in [3.05, 3.63) is 157 Å². The number of rotatable bonds is 3. The van der Waals surface area contributed by atoms with Crippen LogP contribution in [0, 0.1) is 11.3 Å². The third-order valence-electron chi connectivity index (χ3n) is 9.06. The van der Waals surface area contributed by atoms with Crippen molar-refractivity contribution in [2.24, 2.45) is 0 Å². The summed E-state index contributed by atoms with van der Waals surface area (Å²) in [4.78, 5) is 4.76. The van der Waals surface area contributed by atoms with Crippen LogP contribution in [0.15, 0.2) is 152 Å². The minimum atomic E-state index is 0.646. The molecule has 2 heterocycles. The van der Waals surface area contributed by atoms with Gasteiger partial charge in [-0.15, -0.1) is 0 Å². The van der Waals surface area contributed by atoms with Gasteiger partial charge in [0.15, 0.2) is 0 Å². The van der Waals surface area contributed by atoms with Gasteiger partial charge < -0.3 is 4.57 Å². The Morgan fingerprint density at radius 1 is 0.489 bits per heavy atom. The molecule has 7 aromatic carbocycles. The average Bonchev–Trinajstić information content (AvgIpc) is 3.43. The quantitative estimate of drug-likeness (QED) is 0.212. The second-order valence-corrected chi connectivity index (χ2v) is 11.5. The van der Waals surface area contributed by atoms with Crippen LogP contribution in [0.3, 0.4) is 0 Å². The predicted molar refractivity (Wildman–Crippen MR) is 187 cm³/mol. The highest BCUT2D eigenvalue weighted by atomic mass is 15.0. The van der Waals surface area contributed by atoms with E-state index in [0.717, 1.165) is 44.0 Å². The molecule has 9 rings (SSSR count). The molecular formula is C42H25N3. The van der Waals surface area contributed by atoms with Gasteiger partial charge in [0.2, 0.25) is 0 Å². The Bertz CT molecular complexity index is 2660. The topological polar surface area (TPSA) is 41.6 Å². The molecule has 0 unspecified atom stereocenters. The van der Waals surface area contributed by atoms with Crippen LogP contribution in [0.1, 0.15) is 5.56 Å². The van der Waals surface area contributed by atoms with E-state index in [1.165, 1.54) is 38.2 Å². The standard InChI is InChI=1S/C42H25N3/c43-26-27-17-21-39-37(24-27)38-25-30(18-22-40(38)45(39)41-16-6-10-29-11-7-23-44-42(29)41)32-19-20-36(35-14-4-3-13-33(32)35)34-15-5-9-28-8-1-2-12-31(28)34/h1-25H. The summed E-state index contributed by atoms with van der Waals surface area (Å²) in [5.74, 6) is 0. The van der Waals surface area contributed by atoms with E-state index in [2.05, 4.69) is 138 Å². The van der Waals surface area contributed by atoms with Crippen molar-refractivity contribution in [1.29, 1.82) is 5.26 Å². The predicted octanol–water partition coefficient (Wildman–Crippen LogP) is 10.8. The van der Waals surface area contributed by atoms with E-state index in [1.54, 1.807) is 0 Å². The minimum absolute atomic E-state index is 0.646. The number of nitrogens with zero attached hydrogens (tertiary/aromatic N) is 3. The molecule has 0 N–H and O–H groups in total. The smallest absolute Gasteiger partial charge is 0.0991 e. The Balaban J connectivity index is 1.30. The second-order valence-electron chi connectivity index (χ2n) is 11.5. The van der Waals surface area contributed by atoms with Crippen molar-refractivity contribution in [2.45, 2.75) is 0 Å². The molecule has 9 aromatic rings. The van der Waals surface area contributed by atoms with Gasteiger partial charge in [-0.3, -0.25) is 4.98 Å². The van der Waals surface area contributed by atoms with Crippen LogP contribution < -0.4 is 0 Å². The molecule has 0 saturated carbocycles. The van der Waals surface area contributed by atoms with Crippen LogP contribution in [0.2, 0.25) is 0 Å². The molecule has 0 fully saturated rings. The van der Waals surface area contributed by atoms with Crippen molar-refractivity contribution >= 4 is 54.3 Å². The summed E-state index contributed by atoms with van der Waals surface area (Å²) in [7, 11) is 0. The number of benzene rings is 7. The van der Waals surface area contributed by atoms with E-state index in [0.29, 0.717) is 5.56 Å². The number of pyridine rings is 1. The van der Waals surface area contributed by atoms with Crippen LogP contribution in [0.4, 0.5) is 0 Å². The highest BCUT2D eigenvalue weighted by molar-refractivity contribution is 6.14. The lowest BCUT2D eigenvalue weighted by Gasteiger charge is -2.14. The molecule has 0 aliphatic heterocycles. The van der Waals surface area contributed by atoms with Crippen LogP contribution >= 0.6 is 0 Å². The third kappa shape index (κ3) is 3.87. The van der Waals surface area contributed by atoms with Gasteiger partial charge in [0.1, 0.15) is 0 Å². The van der Waals surface area contributed by atoms with Crippen LogP contribution in [0.25, 0.3) is 82.2 Å². The average molecular weight is 572 g/mol. The van der Waals surface area contributed by atoms with E-state index >= 15 is 0 Å². The maximum Gasteiger partial charge on any atom is 0.0991 e. The first-order valence-corrected chi connectivity index (χ1v) is 15.1. The Labute approximate surface area is 259 Å². The Kier molecular flexibility index (Phi) is 5.57. The number of hydrogen-bond donors (Lipinski definition) is 0. The molecule has 3 heteroatoms. The summed E-state index contributed by atoms with van der Waals surface area (Å²) in [6, 6.07) is 53.8. The van der Waals surface area contributed by atoms with Gasteiger partial charge in [0.05, 0.1) is 33.9 Å². The monoisotopic (exact) mass is 571 g/mol. The fraction of sp³-hybridized carbons (Fsp3) is 0. The van der Waals surface area contributed by atoms with Gasteiger partial charge in [-0.25, -0.2) is 0 Å². The molecule has 3 nitrogen and oxygen atoms in total. The van der Waals surface area contributed by atoms with E-state index in [-0.39, 0.29) is 0 Å².